The molecule has 0 atom stereocenters. The van der Waals surface area contributed by atoms with Crippen LogP contribution in [0.5, 0.6) is 5.75 Å². The molecule has 1 amide bonds. The molecule has 0 bridgehead atoms. The fourth-order valence-electron chi connectivity index (χ4n) is 4.22. The molecule has 4 aromatic heterocycles. The molecular weight excluding hydrogens is 485 g/mol. The number of amides is 1. The summed E-state index contributed by atoms with van der Waals surface area (Å²) in [6.45, 7) is 0.891. The van der Waals surface area contributed by atoms with Crippen LogP contribution in [0.1, 0.15) is 0 Å². The summed E-state index contributed by atoms with van der Waals surface area (Å²) >= 11 is 1.34. The van der Waals surface area contributed by atoms with E-state index in [0.717, 1.165) is 21.4 Å². The Morgan fingerprint density at radius 1 is 1.14 bits per heavy atom. The normalized spacial score (nSPS) is 14.2. The standard InChI is InChI=1S/C24H20FN7O3S/c1-30-11-15(9-27-30)14-7-18(25)23-28-29-24(32(23)12-14)36-16-3-4-19-17(8-16)22(34-2)20(10-26-19)31-5-6-35-13-21(31)33/h3-4,7-12H,5-6,13H2,1-2H3. The van der Waals surface area contributed by atoms with E-state index in [0.29, 0.717) is 35.3 Å². The van der Waals surface area contributed by atoms with Crippen LogP contribution in [0.2, 0.25) is 0 Å². The Balaban J connectivity index is 1.40. The van der Waals surface area contributed by atoms with Crippen LogP contribution in [-0.2, 0) is 16.6 Å². The third-order valence-corrected chi connectivity index (χ3v) is 6.88. The van der Waals surface area contributed by atoms with E-state index in [-0.39, 0.29) is 18.2 Å². The van der Waals surface area contributed by atoms with Crippen molar-refractivity contribution in [1.82, 2.24) is 29.4 Å². The number of carbonyl (C=O) groups is 1. The third kappa shape index (κ3) is 3.84. The smallest absolute Gasteiger partial charge is 0.253 e. The van der Waals surface area contributed by atoms with Gasteiger partial charge >= 0.3 is 0 Å². The van der Waals surface area contributed by atoms with E-state index in [1.807, 2.05) is 31.4 Å². The van der Waals surface area contributed by atoms with Crippen molar-refractivity contribution in [3.63, 3.8) is 0 Å². The molecule has 1 aliphatic heterocycles. The SMILES string of the molecule is COc1c(N2CCOCC2=O)cnc2ccc(Sc3nnc4c(F)cc(-c5cnn(C)c5)cn34)cc12. The van der Waals surface area contributed by atoms with Crippen molar-refractivity contribution in [2.24, 2.45) is 7.05 Å². The number of hydrogen-bond donors (Lipinski definition) is 0. The number of fused-ring (bicyclic) bond motifs is 2. The topological polar surface area (TPSA) is 99.7 Å². The minimum absolute atomic E-state index is 0.0225. The Morgan fingerprint density at radius 2 is 2.03 bits per heavy atom. The van der Waals surface area contributed by atoms with E-state index in [9.17, 15) is 9.18 Å². The van der Waals surface area contributed by atoms with Gasteiger partial charge in [-0.25, -0.2) is 4.39 Å². The first-order valence-corrected chi connectivity index (χ1v) is 11.9. The highest BCUT2D eigenvalue weighted by Gasteiger charge is 2.25. The number of nitrogens with zero attached hydrogens (tertiary/aromatic N) is 7. The Kier molecular flexibility index (Phi) is 5.53. The van der Waals surface area contributed by atoms with Crippen molar-refractivity contribution in [2.75, 3.05) is 31.8 Å². The molecule has 1 fully saturated rings. The van der Waals surface area contributed by atoms with E-state index in [4.69, 9.17) is 9.47 Å². The van der Waals surface area contributed by atoms with Crippen molar-refractivity contribution in [3.05, 3.63) is 54.9 Å². The second kappa shape index (κ2) is 8.88. The molecule has 0 unspecified atom stereocenters. The van der Waals surface area contributed by atoms with Crippen LogP contribution in [0.4, 0.5) is 10.1 Å². The van der Waals surface area contributed by atoms with E-state index < -0.39 is 5.82 Å². The van der Waals surface area contributed by atoms with Crippen LogP contribution in [-0.4, -0.2) is 62.1 Å². The van der Waals surface area contributed by atoms with Gasteiger partial charge in [0.2, 0.25) is 5.16 Å². The zero-order chi connectivity index (χ0) is 24.8. The summed E-state index contributed by atoms with van der Waals surface area (Å²) in [6, 6.07) is 7.12. The average molecular weight is 506 g/mol. The first-order chi connectivity index (χ1) is 17.5. The highest BCUT2D eigenvalue weighted by atomic mass is 32.2. The fraction of sp³-hybridized carbons (Fsp3) is 0.208. The number of benzene rings is 1. The highest BCUT2D eigenvalue weighted by Crippen LogP contribution is 2.38. The van der Waals surface area contributed by atoms with Gasteiger partial charge < -0.3 is 14.4 Å². The molecule has 0 spiro atoms. The number of carbonyl (C=O) groups excluding carboxylic acids is 1. The lowest BCUT2D eigenvalue weighted by Crippen LogP contribution is -2.41. The Bertz CT molecular complexity index is 1630. The predicted molar refractivity (Wildman–Crippen MR) is 131 cm³/mol. The van der Waals surface area contributed by atoms with Crippen LogP contribution in [0.3, 0.4) is 0 Å². The number of methoxy groups -OCH3 is 1. The maximum Gasteiger partial charge on any atom is 0.253 e. The minimum atomic E-state index is -0.472. The maximum atomic E-state index is 14.8. The molecule has 1 aliphatic rings. The molecule has 1 saturated heterocycles. The number of pyridine rings is 2. The van der Waals surface area contributed by atoms with Gasteiger partial charge in [-0.1, -0.05) is 0 Å². The molecule has 182 valence electrons. The first-order valence-electron chi connectivity index (χ1n) is 11.1. The number of aryl methyl sites for hydroxylation is 1. The van der Waals surface area contributed by atoms with Gasteiger partial charge in [0, 0.05) is 47.4 Å². The molecule has 36 heavy (non-hydrogen) atoms. The number of morpholine rings is 1. The molecule has 12 heteroatoms. The predicted octanol–water partition coefficient (Wildman–Crippen LogP) is 3.34. The monoisotopic (exact) mass is 505 g/mol. The Labute approximate surface area is 208 Å². The summed E-state index contributed by atoms with van der Waals surface area (Å²) < 4.78 is 29.1. The molecule has 5 aromatic rings. The fourth-order valence-corrected chi connectivity index (χ4v) is 5.06. The van der Waals surface area contributed by atoms with Gasteiger partial charge in [-0.2, -0.15) is 5.10 Å². The van der Waals surface area contributed by atoms with Gasteiger partial charge in [0.15, 0.2) is 17.2 Å². The Morgan fingerprint density at radius 3 is 2.81 bits per heavy atom. The number of rotatable bonds is 5. The number of anilines is 1. The highest BCUT2D eigenvalue weighted by molar-refractivity contribution is 7.99. The van der Waals surface area contributed by atoms with E-state index in [1.54, 1.807) is 39.7 Å². The minimum Gasteiger partial charge on any atom is -0.494 e. The van der Waals surface area contributed by atoms with Gasteiger partial charge in [-0.05, 0) is 36.0 Å². The first kappa shape index (κ1) is 22.4. The molecule has 1 aromatic carbocycles. The molecule has 0 aliphatic carbocycles. The van der Waals surface area contributed by atoms with Crippen LogP contribution >= 0.6 is 11.8 Å². The van der Waals surface area contributed by atoms with Crippen LogP contribution < -0.4 is 9.64 Å². The summed E-state index contributed by atoms with van der Waals surface area (Å²) in [5.41, 5.74) is 2.90. The lowest BCUT2D eigenvalue weighted by Gasteiger charge is -2.28. The van der Waals surface area contributed by atoms with Crippen LogP contribution in [0.15, 0.2) is 59.1 Å². The largest absolute Gasteiger partial charge is 0.494 e. The average Bonchev–Trinajstić information content (AvgIpc) is 3.50. The second-order valence-electron chi connectivity index (χ2n) is 8.21. The number of hydrogen-bond acceptors (Lipinski definition) is 8. The molecule has 10 nitrogen and oxygen atoms in total. The lowest BCUT2D eigenvalue weighted by molar-refractivity contribution is -0.125. The van der Waals surface area contributed by atoms with E-state index in [2.05, 4.69) is 20.3 Å². The third-order valence-electron chi connectivity index (χ3n) is 5.93. The zero-order valence-electron chi connectivity index (χ0n) is 19.4. The summed E-state index contributed by atoms with van der Waals surface area (Å²) in [4.78, 5) is 19.4. The maximum absolute atomic E-state index is 14.8. The number of halogens is 1. The van der Waals surface area contributed by atoms with Crippen molar-refractivity contribution in [1.29, 1.82) is 0 Å². The molecule has 0 saturated carbocycles. The summed E-state index contributed by atoms with van der Waals surface area (Å²) in [6.07, 6.45) is 6.93. The quantitative estimate of drug-likeness (QED) is 0.359. The summed E-state index contributed by atoms with van der Waals surface area (Å²) in [7, 11) is 3.37. The van der Waals surface area contributed by atoms with Gasteiger partial charge in [0.1, 0.15) is 12.3 Å². The number of aromatic nitrogens is 6. The van der Waals surface area contributed by atoms with Gasteiger partial charge in [0.05, 0.1) is 31.6 Å². The number of ether oxygens (including phenoxy) is 2. The molecule has 5 heterocycles. The second-order valence-corrected chi connectivity index (χ2v) is 9.25. The van der Waals surface area contributed by atoms with Crippen molar-refractivity contribution in [3.8, 4) is 16.9 Å². The Hall–Kier alpha value is -4.03. The van der Waals surface area contributed by atoms with Gasteiger partial charge in [0.25, 0.3) is 5.91 Å². The van der Waals surface area contributed by atoms with E-state index in [1.165, 1.54) is 17.8 Å². The van der Waals surface area contributed by atoms with Crippen molar-refractivity contribution < 1.29 is 18.7 Å². The van der Waals surface area contributed by atoms with Crippen LogP contribution in [0.25, 0.3) is 27.7 Å². The van der Waals surface area contributed by atoms with Crippen LogP contribution in [0, 0.1) is 5.82 Å². The molecule has 0 N–H and O–H groups in total. The van der Waals surface area contributed by atoms with Gasteiger partial charge in [-0.3, -0.25) is 18.9 Å². The van der Waals surface area contributed by atoms with Crippen molar-refractivity contribution >= 4 is 39.9 Å². The molecule has 6 rings (SSSR count). The van der Waals surface area contributed by atoms with Crippen molar-refractivity contribution in [2.45, 2.75) is 10.1 Å². The zero-order valence-corrected chi connectivity index (χ0v) is 20.2. The summed E-state index contributed by atoms with van der Waals surface area (Å²) in [5, 5.41) is 13.7. The molecule has 0 radical (unpaired) electrons. The summed E-state index contributed by atoms with van der Waals surface area (Å²) in [5.74, 6) is -0.0683. The van der Waals surface area contributed by atoms with Gasteiger partial charge in [-0.15, -0.1) is 10.2 Å². The lowest BCUT2D eigenvalue weighted by atomic mass is 10.1. The van der Waals surface area contributed by atoms with E-state index >= 15 is 0 Å². The molecular formula is C24H20FN7O3S.